The summed E-state index contributed by atoms with van der Waals surface area (Å²) >= 11 is 2.43. The summed E-state index contributed by atoms with van der Waals surface area (Å²) in [5, 5.41) is 11.9. The highest BCUT2D eigenvalue weighted by Gasteiger charge is 2.37. The SMILES string of the molecule is O=C(NCC1CCOCC1)N1C[C@@H](I)[C@@H](c2nnc3cnc4[nH]ccc4n23)C1. The summed E-state index contributed by atoms with van der Waals surface area (Å²) < 4.78 is 7.72. The topological polar surface area (TPSA) is 100 Å². The molecule has 148 valence electrons. The molecule has 3 aromatic heterocycles. The fraction of sp³-hybridized carbons (Fsp3) is 0.556. The van der Waals surface area contributed by atoms with Crippen LogP contribution in [0.1, 0.15) is 24.6 Å². The van der Waals surface area contributed by atoms with Crippen molar-refractivity contribution in [2.75, 3.05) is 32.8 Å². The smallest absolute Gasteiger partial charge is 0.317 e. The van der Waals surface area contributed by atoms with Crippen LogP contribution in [-0.2, 0) is 4.74 Å². The van der Waals surface area contributed by atoms with E-state index in [2.05, 4.69) is 52.5 Å². The highest BCUT2D eigenvalue weighted by molar-refractivity contribution is 14.1. The minimum atomic E-state index is 0.0120. The lowest BCUT2D eigenvalue weighted by atomic mass is 10.0. The van der Waals surface area contributed by atoms with Gasteiger partial charge < -0.3 is 19.9 Å². The van der Waals surface area contributed by atoms with Gasteiger partial charge >= 0.3 is 6.03 Å². The number of amides is 2. The van der Waals surface area contributed by atoms with Gasteiger partial charge in [-0.1, -0.05) is 22.6 Å². The Hall–Kier alpha value is -1.95. The fourth-order valence-electron chi connectivity index (χ4n) is 4.11. The second-order valence-electron chi connectivity index (χ2n) is 7.49. The van der Waals surface area contributed by atoms with Crippen LogP contribution in [0.3, 0.4) is 0 Å². The van der Waals surface area contributed by atoms with E-state index in [0.29, 0.717) is 19.0 Å². The number of carbonyl (C=O) groups is 1. The summed E-state index contributed by atoms with van der Waals surface area (Å²) in [7, 11) is 0. The number of halogens is 1. The van der Waals surface area contributed by atoms with Crippen LogP contribution in [0, 0.1) is 5.92 Å². The molecule has 0 saturated carbocycles. The molecule has 0 unspecified atom stereocenters. The van der Waals surface area contributed by atoms with Gasteiger partial charge in [-0.25, -0.2) is 9.78 Å². The van der Waals surface area contributed by atoms with Gasteiger partial charge in [0.25, 0.3) is 0 Å². The lowest BCUT2D eigenvalue weighted by molar-refractivity contribution is 0.0665. The first-order valence-electron chi connectivity index (χ1n) is 9.62. The number of alkyl halides is 1. The number of hydrogen-bond acceptors (Lipinski definition) is 5. The summed E-state index contributed by atoms with van der Waals surface area (Å²) in [5.74, 6) is 1.53. The number of hydrogen-bond donors (Lipinski definition) is 2. The van der Waals surface area contributed by atoms with Crippen molar-refractivity contribution in [1.29, 1.82) is 0 Å². The molecule has 0 aliphatic carbocycles. The number of carbonyl (C=O) groups excluding carboxylic acids is 1. The maximum Gasteiger partial charge on any atom is 0.317 e. The molecule has 9 nitrogen and oxygen atoms in total. The van der Waals surface area contributed by atoms with Crippen molar-refractivity contribution in [2.45, 2.75) is 22.7 Å². The van der Waals surface area contributed by atoms with Gasteiger partial charge in [-0.3, -0.25) is 4.40 Å². The Balaban J connectivity index is 1.32. The van der Waals surface area contributed by atoms with E-state index in [1.807, 2.05) is 17.2 Å². The first kappa shape index (κ1) is 18.1. The maximum atomic E-state index is 12.7. The van der Waals surface area contributed by atoms with E-state index >= 15 is 0 Å². The van der Waals surface area contributed by atoms with Gasteiger partial charge in [0, 0.05) is 43.0 Å². The molecule has 2 N–H and O–H groups in total. The fourth-order valence-corrected chi connectivity index (χ4v) is 5.13. The van der Waals surface area contributed by atoms with Crippen LogP contribution in [0.25, 0.3) is 16.8 Å². The van der Waals surface area contributed by atoms with Crippen molar-refractivity contribution >= 4 is 45.4 Å². The normalized spacial score (nSPS) is 23.7. The highest BCUT2D eigenvalue weighted by Crippen LogP contribution is 2.33. The number of rotatable bonds is 3. The average molecular weight is 495 g/mol. The third-order valence-corrected chi connectivity index (χ3v) is 6.98. The number of nitrogens with zero attached hydrogens (tertiary/aromatic N) is 5. The van der Waals surface area contributed by atoms with Crippen LogP contribution >= 0.6 is 22.6 Å². The average Bonchev–Trinajstić information content (AvgIpc) is 3.43. The second kappa shape index (κ2) is 7.47. The van der Waals surface area contributed by atoms with Crippen LogP contribution < -0.4 is 5.32 Å². The number of ether oxygens (including phenoxy) is 1. The highest BCUT2D eigenvalue weighted by atomic mass is 127. The number of fused-ring (bicyclic) bond motifs is 3. The Bertz CT molecular complexity index is 996. The molecular formula is C18H22IN7O2. The number of aromatic nitrogens is 5. The Kier molecular flexibility index (Phi) is 4.83. The molecule has 0 bridgehead atoms. The van der Waals surface area contributed by atoms with Crippen molar-refractivity contribution in [3.8, 4) is 0 Å². The van der Waals surface area contributed by atoms with E-state index in [-0.39, 0.29) is 15.9 Å². The second-order valence-corrected chi connectivity index (χ2v) is 9.09. The standard InChI is InChI=1S/C18H22IN7O2/c19-13-10-25(18(27)22-7-11-2-5-28-6-3-11)9-12(13)17-24-23-15-8-21-16-14(26(15)17)1-4-20-16/h1,4,8,11-13,20H,2-3,5-7,9-10H2,(H,22,27)/t12-,13+/m0/s1. The third kappa shape index (κ3) is 3.21. The van der Waals surface area contributed by atoms with Gasteiger partial charge in [0.05, 0.1) is 17.6 Å². The molecular weight excluding hydrogens is 473 g/mol. The zero-order valence-corrected chi connectivity index (χ0v) is 17.5. The molecule has 0 spiro atoms. The largest absolute Gasteiger partial charge is 0.381 e. The number of urea groups is 1. The molecule has 5 rings (SSSR count). The monoisotopic (exact) mass is 495 g/mol. The lowest BCUT2D eigenvalue weighted by Crippen LogP contribution is -2.41. The van der Waals surface area contributed by atoms with Crippen LogP contribution in [0.5, 0.6) is 0 Å². The molecule has 3 aromatic rings. The van der Waals surface area contributed by atoms with Gasteiger partial charge in [0.2, 0.25) is 0 Å². The van der Waals surface area contributed by atoms with Gasteiger partial charge in [0.1, 0.15) is 5.82 Å². The molecule has 2 fully saturated rings. The van der Waals surface area contributed by atoms with Crippen LogP contribution in [0.15, 0.2) is 18.5 Å². The Morgan fingerprint density at radius 3 is 3.04 bits per heavy atom. The molecule has 28 heavy (non-hydrogen) atoms. The molecule has 0 radical (unpaired) electrons. The van der Waals surface area contributed by atoms with E-state index in [0.717, 1.165) is 55.2 Å². The van der Waals surface area contributed by atoms with Crippen LogP contribution in [0.2, 0.25) is 0 Å². The predicted octanol–water partition coefficient (Wildman–Crippen LogP) is 1.94. The van der Waals surface area contributed by atoms with Gasteiger partial charge in [-0.15, -0.1) is 10.2 Å². The van der Waals surface area contributed by atoms with E-state index in [4.69, 9.17) is 4.74 Å². The van der Waals surface area contributed by atoms with Crippen molar-refractivity contribution in [2.24, 2.45) is 5.92 Å². The van der Waals surface area contributed by atoms with Crippen molar-refractivity contribution < 1.29 is 9.53 Å². The van der Waals surface area contributed by atoms with Crippen molar-refractivity contribution in [1.82, 2.24) is 34.8 Å². The first-order valence-corrected chi connectivity index (χ1v) is 10.9. The number of nitrogens with one attached hydrogen (secondary N) is 2. The zero-order valence-electron chi connectivity index (χ0n) is 15.3. The van der Waals surface area contributed by atoms with E-state index in [9.17, 15) is 4.79 Å². The molecule has 10 heteroatoms. The summed E-state index contributed by atoms with van der Waals surface area (Å²) in [6, 6.07) is 2.00. The van der Waals surface area contributed by atoms with E-state index in [1.165, 1.54) is 0 Å². The Labute approximate surface area is 175 Å². The zero-order chi connectivity index (χ0) is 19.1. The van der Waals surface area contributed by atoms with Crippen molar-refractivity contribution in [3.63, 3.8) is 0 Å². The predicted molar refractivity (Wildman–Crippen MR) is 112 cm³/mol. The summed E-state index contributed by atoms with van der Waals surface area (Å²) in [4.78, 5) is 22.1. The summed E-state index contributed by atoms with van der Waals surface area (Å²) in [5.41, 5.74) is 2.50. The maximum absolute atomic E-state index is 12.7. The number of aromatic amines is 1. The molecule has 2 amide bonds. The van der Waals surface area contributed by atoms with Crippen molar-refractivity contribution in [3.05, 3.63) is 24.3 Å². The quantitative estimate of drug-likeness (QED) is 0.428. The van der Waals surface area contributed by atoms with Gasteiger partial charge in [-0.2, -0.15) is 0 Å². The minimum absolute atomic E-state index is 0.0120. The first-order chi connectivity index (χ1) is 13.7. The van der Waals surface area contributed by atoms with Crippen LogP contribution in [-0.4, -0.2) is 72.3 Å². The molecule has 5 heterocycles. The summed E-state index contributed by atoms with van der Waals surface area (Å²) in [6.07, 6.45) is 5.63. The van der Waals surface area contributed by atoms with Crippen LogP contribution in [0.4, 0.5) is 4.79 Å². The lowest BCUT2D eigenvalue weighted by Gasteiger charge is -2.24. The molecule has 2 aliphatic heterocycles. The van der Waals surface area contributed by atoms with E-state index < -0.39 is 0 Å². The molecule has 2 aliphatic rings. The number of likely N-dealkylation sites (tertiary alicyclic amines) is 1. The van der Waals surface area contributed by atoms with Gasteiger partial charge in [-0.05, 0) is 24.8 Å². The van der Waals surface area contributed by atoms with Gasteiger partial charge in [0.15, 0.2) is 11.3 Å². The number of H-pyrrole nitrogens is 1. The third-order valence-electron chi connectivity index (χ3n) is 5.72. The Morgan fingerprint density at radius 2 is 2.18 bits per heavy atom. The Morgan fingerprint density at radius 1 is 1.32 bits per heavy atom. The molecule has 2 atom stereocenters. The molecule has 0 aromatic carbocycles. The molecule has 2 saturated heterocycles. The summed E-state index contributed by atoms with van der Waals surface area (Å²) in [6.45, 7) is 3.66. The minimum Gasteiger partial charge on any atom is -0.381 e. The van der Waals surface area contributed by atoms with E-state index in [1.54, 1.807) is 6.20 Å².